The molecular formula is C27H46N2O. The van der Waals surface area contributed by atoms with Gasteiger partial charge in [-0.2, -0.15) is 0 Å². The third kappa shape index (κ3) is 2.55. The number of piperidine rings is 1. The smallest absolute Gasteiger partial charge is 0.0701 e. The number of fused-ring (bicyclic) bond motifs is 9. The third-order valence-electron chi connectivity index (χ3n) is 12.3. The fraction of sp³-hybridized carbons (Fsp3) is 1.00. The maximum atomic E-state index is 11.0. The van der Waals surface area contributed by atoms with Crippen LogP contribution in [0.4, 0.5) is 0 Å². The SMILES string of the molecule is C[C@@H]1C[C@H](O)[C@@H]2[C@@H](C)[C@H]3[C@H](C[C@H]4[C@@H]5CC[C@H]6C[C@@H](N)CC[C@]6(C)[C@H]5CC[C@]34C)N2C1. The Morgan fingerprint density at radius 1 is 0.900 bits per heavy atom. The zero-order valence-electron chi connectivity index (χ0n) is 19.9. The lowest BCUT2D eigenvalue weighted by molar-refractivity contribution is -0.118. The highest BCUT2D eigenvalue weighted by Crippen LogP contribution is 2.70. The minimum Gasteiger partial charge on any atom is -0.391 e. The highest BCUT2D eigenvalue weighted by atomic mass is 16.3. The van der Waals surface area contributed by atoms with Crippen LogP contribution in [-0.4, -0.2) is 40.8 Å². The molecule has 2 aliphatic heterocycles. The van der Waals surface area contributed by atoms with Crippen LogP contribution in [0.5, 0.6) is 0 Å². The number of hydrogen-bond acceptors (Lipinski definition) is 3. The number of nitrogens with zero attached hydrogens (tertiary/aromatic N) is 1. The summed E-state index contributed by atoms with van der Waals surface area (Å²) in [5.41, 5.74) is 7.47. The first-order valence-electron chi connectivity index (χ1n) is 13.4. The molecule has 2 saturated heterocycles. The van der Waals surface area contributed by atoms with Crippen LogP contribution in [0.25, 0.3) is 0 Å². The van der Waals surface area contributed by atoms with E-state index in [-0.39, 0.29) is 6.10 Å². The van der Waals surface area contributed by atoms with Gasteiger partial charge in [0, 0.05) is 24.7 Å². The van der Waals surface area contributed by atoms with Crippen molar-refractivity contribution in [3.63, 3.8) is 0 Å². The molecular weight excluding hydrogens is 368 g/mol. The Bertz CT molecular complexity index is 696. The summed E-state index contributed by atoms with van der Waals surface area (Å²) in [6.07, 6.45) is 12.0. The van der Waals surface area contributed by atoms with Gasteiger partial charge in [0.05, 0.1) is 6.10 Å². The van der Waals surface area contributed by atoms with Gasteiger partial charge >= 0.3 is 0 Å². The Morgan fingerprint density at radius 2 is 1.67 bits per heavy atom. The first-order chi connectivity index (χ1) is 14.2. The predicted molar refractivity (Wildman–Crippen MR) is 122 cm³/mol. The number of aliphatic hydroxyl groups is 1. The molecule has 0 radical (unpaired) electrons. The topological polar surface area (TPSA) is 49.5 Å². The molecule has 0 amide bonds. The largest absolute Gasteiger partial charge is 0.391 e. The van der Waals surface area contributed by atoms with Gasteiger partial charge in [-0.1, -0.05) is 27.7 Å². The zero-order chi connectivity index (χ0) is 21.0. The molecule has 0 aromatic carbocycles. The second-order valence-corrected chi connectivity index (χ2v) is 13.5. The van der Waals surface area contributed by atoms with Gasteiger partial charge in [0.1, 0.15) is 0 Å². The van der Waals surface area contributed by atoms with Crippen molar-refractivity contribution in [3.05, 3.63) is 0 Å². The van der Waals surface area contributed by atoms with Gasteiger partial charge in [0.25, 0.3) is 0 Å². The van der Waals surface area contributed by atoms with Crippen LogP contribution >= 0.6 is 0 Å². The van der Waals surface area contributed by atoms with Crippen molar-refractivity contribution in [1.82, 2.24) is 4.90 Å². The fourth-order valence-electron chi connectivity index (χ4n) is 11.2. The van der Waals surface area contributed by atoms with Crippen LogP contribution in [0.2, 0.25) is 0 Å². The molecule has 4 aliphatic carbocycles. The minimum atomic E-state index is -0.103. The van der Waals surface area contributed by atoms with Crippen LogP contribution in [-0.2, 0) is 0 Å². The van der Waals surface area contributed by atoms with Gasteiger partial charge in [0.15, 0.2) is 0 Å². The molecule has 0 unspecified atom stereocenters. The van der Waals surface area contributed by atoms with E-state index in [0.29, 0.717) is 34.7 Å². The molecule has 4 saturated carbocycles. The van der Waals surface area contributed by atoms with E-state index in [1.54, 1.807) is 0 Å². The van der Waals surface area contributed by atoms with E-state index in [4.69, 9.17) is 5.73 Å². The minimum absolute atomic E-state index is 0.103. The van der Waals surface area contributed by atoms with Crippen LogP contribution in [0.1, 0.15) is 85.5 Å². The second-order valence-electron chi connectivity index (χ2n) is 13.5. The highest BCUT2D eigenvalue weighted by Gasteiger charge is 2.67. The summed E-state index contributed by atoms with van der Waals surface area (Å²) >= 11 is 0. The normalized spacial score (nSPS) is 62.8. The maximum Gasteiger partial charge on any atom is 0.0701 e. The van der Waals surface area contributed by atoms with Crippen molar-refractivity contribution in [1.29, 1.82) is 0 Å². The van der Waals surface area contributed by atoms with Crippen LogP contribution in [0.3, 0.4) is 0 Å². The van der Waals surface area contributed by atoms with Gasteiger partial charge in [0.2, 0.25) is 0 Å². The average Bonchev–Trinajstić information content (AvgIpc) is 3.15. The predicted octanol–water partition coefficient (Wildman–Crippen LogP) is 4.67. The molecule has 6 aliphatic rings. The molecule has 0 bridgehead atoms. The number of nitrogens with two attached hydrogens (primary N) is 1. The van der Waals surface area contributed by atoms with Crippen molar-refractivity contribution in [2.24, 2.45) is 58.0 Å². The Balaban J connectivity index is 1.30. The lowest BCUT2D eigenvalue weighted by Crippen LogP contribution is -2.55. The van der Waals surface area contributed by atoms with Gasteiger partial charge in [-0.05, 0) is 110 Å². The van der Waals surface area contributed by atoms with E-state index in [1.807, 2.05) is 0 Å². The van der Waals surface area contributed by atoms with Crippen molar-refractivity contribution in [2.75, 3.05) is 6.54 Å². The Morgan fingerprint density at radius 3 is 2.47 bits per heavy atom. The Hall–Kier alpha value is -0.120. The lowest BCUT2D eigenvalue weighted by atomic mass is 9.44. The number of aliphatic hydroxyl groups excluding tert-OH is 1. The molecule has 30 heavy (non-hydrogen) atoms. The third-order valence-corrected chi connectivity index (χ3v) is 12.3. The van der Waals surface area contributed by atoms with Crippen molar-refractivity contribution in [3.8, 4) is 0 Å². The summed E-state index contributed by atoms with van der Waals surface area (Å²) < 4.78 is 0. The molecule has 6 fully saturated rings. The molecule has 3 nitrogen and oxygen atoms in total. The first-order valence-corrected chi connectivity index (χ1v) is 13.4. The molecule has 0 aromatic rings. The fourth-order valence-corrected chi connectivity index (χ4v) is 11.2. The van der Waals surface area contributed by atoms with Gasteiger partial charge in [-0.3, -0.25) is 4.90 Å². The standard InChI is InChI=1S/C27H46N2O/c1-15-11-23(30)25-16(2)24-22(29(25)14-15)13-21-19-6-5-17-12-18(28)7-9-26(17,3)20(19)8-10-27(21,24)4/h15-25,30H,5-14,28H2,1-4H3/t15-,16+,17+,18+,19-,20+,21+,22+,23+,24+,25+,26+,27+/m1/s1. The summed E-state index contributed by atoms with van der Waals surface area (Å²) in [7, 11) is 0. The first kappa shape index (κ1) is 20.5. The van der Waals surface area contributed by atoms with Crippen LogP contribution in [0.15, 0.2) is 0 Å². The van der Waals surface area contributed by atoms with Crippen LogP contribution < -0.4 is 5.73 Å². The van der Waals surface area contributed by atoms with Crippen molar-refractivity contribution < 1.29 is 5.11 Å². The summed E-state index contributed by atoms with van der Waals surface area (Å²) in [6, 6.07) is 1.63. The van der Waals surface area contributed by atoms with E-state index in [2.05, 4.69) is 32.6 Å². The summed E-state index contributed by atoms with van der Waals surface area (Å²) in [6.45, 7) is 11.4. The second kappa shape index (κ2) is 6.70. The quantitative estimate of drug-likeness (QED) is 0.605. The van der Waals surface area contributed by atoms with E-state index >= 15 is 0 Å². The van der Waals surface area contributed by atoms with E-state index < -0.39 is 0 Å². The molecule has 170 valence electrons. The summed E-state index contributed by atoms with van der Waals surface area (Å²) in [5, 5.41) is 11.0. The highest BCUT2D eigenvalue weighted by molar-refractivity contribution is 5.18. The van der Waals surface area contributed by atoms with Crippen LogP contribution in [0, 0.1) is 52.3 Å². The maximum absolute atomic E-state index is 11.0. The number of rotatable bonds is 0. The van der Waals surface area contributed by atoms with E-state index in [9.17, 15) is 5.11 Å². The van der Waals surface area contributed by atoms with Gasteiger partial charge in [-0.15, -0.1) is 0 Å². The molecule has 3 N–H and O–H groups in total. The molecule has 2 heterocycles. The lowest BCUT2D eigenvalue weighted by Gasteiger charge is -2.61. The van der Waals surface area contributed by atoms with Gasteiger partial charge in [-0.25, -0.2) is 0 Å². The summed E-state index contributed by atoms with van der Waals surface area (Å²) in [5.74, 6) is 5.79. The molecule has 6 rings (SSSR count). The van der Waals surface area contributed by atoms with Crippen molar-refractivity contribution in [2.45, 2.75) is 110 Å². The zero-order valence-corrected chi connectivity index (χ0v) is 19.9. The monoisotopic (exact) mass is 414 g/mol. The molecule has 0 spiro atoms. The van der Waals surface area contributed by atoms with Crippen molar-refractivity contribution >= 4 is 0 Å². The molecule has 13 atom stereocenters. The Kier molecular flexibility index (Phi) is 4.58. The number of hydrogen-bond donors (Lipinski definition) is 2. The Labute approximate surface area is 184 Å². The van der Waals surface area contributed by atoms with E-state index in [0.717, 1.165) is 42.1 Å². The van der Waals surface area contributed by atoms with E-state index in [1.165, 1.54) is 57.9 Å². The van der Waals surface area contributed by atoms with Gasteiger partial charge < -0.3 is 10.8 Å². The summed E-state index contributed by atoms with van der Waals surface area (Å²) in [4.78, 5) is 2.82. The average molecular weight is 415 g/mol. The molecule has 0 aromatic heterocycles. The molecule has 3 heteroatoms.